The summed E-state index contributed by atoms with van der Waals surface area (Å²) in [6.45, 7) is 5.70. The number of aromatic amines is 1. The molecule has 2 aromatic heterocycles. The molecular weight excluding hydrogens is 318 g/mol. The smallest absolute Gasteiger partial charge is 0.237 e. The summed E-state index contributed by atoms with van der Waals surface area (Å²) in [4.78, 5) is 22.2. The Kier molecular flexibility index (Phi) is 4.01. The van der Waals surface area contributed by atoms with Gasteiger partial charge in [0.25, 0.3) is 0 Å². The van der Waals surface area contributed by atoms with Crippen molar-refractivity contribution in [3.63, 3.8) is 0 Å². The first-order valence-corrected chi connectivity index (χ1v) is 8.56. The molecule has 3 aromatic rings. The number of nitrogens with one attached hydrogen (secondary N) is 2. The third-order valence-corrected chi connectivity index (χ3v) is 4.71. The molecule has 1 unspecified atom stereocenters. The van der Waals surface area contributed by atoms with Gasteiger partial charge in [-0.25, -0.2) is 0 Å². The number of benzene rings is 1. The van der Waals surface area contributed by atoms with Gasteiger partial charge in [-0.2, -0.15) is 4.98 Å². The number of rotatable bonds is 4. The summed E-state index contributed by atoms with van der Waals surface area (Å²) < 4.78 is 5.45. The maximum atomic E-state index is 12.3. The van der Waals surface area contributed by atoms with Crippen LogP contribution < -0.4 is 5.32 Å². The number of aromatic nitrogens is 3. The van der Waals surface area contributed by atoms with Gasteiger partial charge in [-0.15, -0.1) is 0 Å². The summed E-state index contributed by atoms with van der Waals surface area (Å²) in [7, 11) is 0. The van der Waals surface area contributed by atoms with Gasteiger partial charge in [-0.1, -0.05) is 17.3 Å². The molecule has 1 aliphatic rings. The van der Waals surface area contributed by atoms with Crippen LogP contribution in [-0.4, -0.2) is 51.1 Å². The van der Waals surface area contributed by atoms with Crippen molar-refractivity contribution in [2.75, 3.05) is 13.1 Å². The molecule has 25 heavy (non-hydrogen) atoms. The Bertz CT molecular complexity index is 898. The summed E-state index contributed by atoms with van der Waals surface area (Å²) in [6, 6.07) is 7.94. The molecule has 1 aliphatic heterocycles. The number of nitrogens with zero attached hydrogens (tertiary/aromatic N) is 3. The lowest BCUT2D eigenvalue weighted by Gasteiger charge is -2.37. The standard InChI is InChI=1S/C18H21N5O2/c1-11(2)23-9-8-20-18(24)15(23)10-16-21-17(22-25-16)13-4-3-5-14-12(13)6-7-19-14/h3-7,11,15,19H,8-10H2,1-2H3,(H,20,24). The Labute approximate surface area is 145 Å². The van der Waals surface area contributed by atoms with Crippen molar-refractivity contribution < 1.29 is 9.32 Å². The van der Waals surface area contributed by atoms with Gasteiger partial charge >= 0.3 is 0 Å². The van der Waals surface area contributed by atoms with E-state index in [0.29, 0.717) is 24.7 Å². The van der Waals surface area contributed by atoms with Crippen LogP contribution in [-0.2, 0) is 11.2 Å². The average molecular weight is 339 g/mol. The molecule has 7 nitrogen and oxygen atoms in total. The Morgan fingerprint density at radius 2 is 2.24 bits per heavy atom. The number of hydrogen-bond donors (Lipinski definition) is 2. The van der Waals surface area contributed by atoms with Crippen LogP contribution in [0.25, 0.3) is 22.3 Å². The Balaban J connectivity index is 1.61. The highest BCUT2D eigenvalue weighted by Crippen LogP contribution is 2.26. The van der Waals surface area contributed by atoms with Crippen molar-refractivity contribution in [2.24, 2.45) is 0 Å². The van der Waals surface area contributed by atoms with E-state index in [9.17, 15) is 4.79 Å². The van der Waals surface area contributed by atoms with Crippen LogP contribution in [0.5, 0.6) is 0 Å². The second-order valence-electron chi connectivity index (χ2n) is 6.60. The highest BCUT2D eigenvalue weighted by Gasteiger charge is 2.33. The van der Waals surface area contributed by atoms with Crippen LogP contribution in [0.15, 0.2) is 35.0 Å². The van der Waals surface area contributed by atoms with Crippen LogP contribution in [0.2, 0.25) is 0 Å². The van der Waals surface area contributed by atoms with E-state index in [1.807, 2.05) is 30.5 Å². The molecule has 0 radical (unpaired) electrons. The van der Waals surface area contributed by atoms with Crippen molar-refractivity contribution >= 4 is 16.8 Å². The molecule has 0 spiro atoms. The van der Waals surface area contributed by atoms with Crippen LogP contribution >= 0.6 is 0 Å². The second-order valence-corrected chi connectivity index (χ2v) is 6.60. The summed E-state index contributed by atoms with van der Waals surface area (Å²) >= 11 is 0. The number of H-pyrrole nitrogens is 1. The van der Waals surface area contributed by atoms with Gasteiger partial charge < -0.3 is 14.8 Å². The topological polar surface area (TPSA) is 87.0 Å². The quantitative estimate of drug-likeness (QED) is 0.759. The minimum atomic E-state index is -0.273. The minimum absolute atomic E-state index is 0.0208. The zero-order chi connectivity index (χ0) is 17.4. The van der Waals surface area contributed by atoms with E-state index in [1.165, 1.54) is 0 Å². The predicted octanol–water partition coefficient (Wildman–Crippen LogP) is 1.97. The second kappa shape index (κ2) is 6.33. The number of carbonyl (C=O) groups excluding carboxylic acids is 1. The largest absolute Gasteiger partial charge is 0.361 e. The molecule has 1 atom stereocenters. The Hall–Kier alpha value is -2.67. The molecule has 0 aliphatic carbocycles. The van der Waals surface area contributed by atoms with E-state index in [-0.39, 0.29) is 18.0 Å². The Morgan fingerprint density at radius 3 is 3.08 bits per heavy atom. The highest BCUT2D eigenvalue weighted by atomic mass is 16.5. The summed E-state index contributed by atoms with van der Waals surface area (Å²) in [5.74, 6) is 1.05. The van der Waals surface area contributed by atoms with Crippen LogP contribution in [0, 0.1) is 0 Å². The maximum Gasteiger partial charge on any atom is 0.237 e. The van der Waals surface area contributed by atoms with Gasteiger partial charge in [-0.05, 0) is 26.0 Å². The fourth-order valence-electron chi connectivity index (χ4n) is 3.45. The summed E-state index contributed by atoms with van der Waals surface area (Å²) in [5, 5.41) is 8.10. The molecule has 1 saturated heterocycles. The van der Waals surface area contributed by atoms with E-state index >= 15 is 0 Å². The van der Waals surface area contributed by atoms with Crippen LogP contribution in [0.1, 0.15) is 19.7 Å². The van der Waals surface area contributed by atoms with Gasteiger partial charge in [0.2, 0.25) is 17.6 Å². The van der Waals surface area contributed by atoms with Crippen LogP contribution in [0.4, 0.5) is 0 Å². The average Bonchev–Trinajstić information content (AvgIpc) is 3.25. The molecule has 0 bridgehead atoms. The molecule has 1 fully saturated rings. The fraction of sp³-hybridized carbons (Fsp3) is 0.389. The first kappa shape index (κ1) is 15.8. The predicted molar refractivity (Wildman–Crippen MR) is 93.9 cm³/mol. The third kappa shape index (κ3) is 2.91. The van der Waals surface area contributed by atoms with Crippen molar-refractivity contribution in [1.29, 1.82) is 0 Å². The molecular formula is C18H21N5O2. The highest BCUT2D eigenvalue weighted by molar-refractivity contribution is 5.93. The van der Waals surface area contributed by atoms with Gasteiger partial charge in [0.15, 0.2) is 0 Å². The van der Waals surface area contributed by atoms with Crippen LogP contribution in [0.3, 0.4) is 0 Å². The molecule has 1 amide bonds. The van der Waals surface area contributed by atoms with Crippen molar-refractivity contribution in [3.8, 4) is 11.4 Å². The number of piperazine rings is 1. The molecule has 3 heterocycles. The number of carbonyl (C=O) groups is 1. The normalized spacial score (nSPS) is 18.8. The third-order valence-electron chi connectivity index (χ3n) is 4.71. The van der Waals surface area contributed by atoms with Gasteiger partial charge in [0.1, 0.15) is 0 Å². The van der Waals surface area contributed by atoms with Crippen molar-refractivity contribution in [3.05, 3.63) is 36.4 Å². The lowest BCUT2D eigenvalue weighted by Crippen LogP contribution is -2.58. The van der Waals surface area contributed by atoms with Gasteiger partial charge in [0, 0.05) is 41.8 Å². The zero-order valence-electron chi connectivity index (χ0n) is 14.3. The molecule has 4 rings (SSSR count). The maximum absolute atomic E-state index is 12.3. The zero-order valence-corrected chi connectivity index (χ0v) is 14.3. The Morgan fingerprint density at radius 1 is 1.36 bits per heavy atom. The molecule has 2 N–H and O–H groups in total. The van der Waals surface area contributed by atoms with Crippen molar-refractivity contribution in [1.82, 2.24) is 25.3 Å². The minimum Gasteiger partial charge on any atom is -0.361 e. The van der Waals surface area contributed by atoms with Gasteiger partial charge in [0.05, 0.1) is 12.5 Å². The monoisotopic (exact) mass is 339 g/mol. The fourth-order valence-corrected chi connectivity index (χ4v) is 3.45. The van der Waals surface area contributed by atoms with Crippen molar-refractivity contribution in [2.45, 2.75) is 32.4 Å². The van der Waals surface area contributed by atoms with Gasteiger partial charge in [-0.3, -0.25) is 9.69 Å². The number of fused-ring (bicyclic) bond motifs is 1. The molecule has 7 heteroatoms. The summed E-state index contributed by atoms with van der Waals surface area (Å²) in [6.07, 6.45) is 2.31. The van der Waals surface area contributed by atoms with E-state index in [0.717, 1.165) is 23.0 Å². The summed E-state index contributed by atoms with van der Waals surface area (Å²) in [5.41, 5.74) is 1.95. The van der Waals surface area contributed by atoms with E-state index in [1.54, 1.807) is 0 Å². The SMILES string of the molecule is CC(C)N1CCNC(=O)C1Cc1nc(-c2cccc3[nH]ccc23)no1. The molecule has 1 aromatic carbocycles. The lowest BCUT2D eigenvalue weighted by molar-refractivity contribution is -0.130. The van der Waals surface area contributed by atoms with E-state index < -0.39 is 0 Å². The van der Waals surface area contributed by atoms with E-state index in [4.69, 9.17) is 4.52 Å². The number of hydrogen-bond acceptors (Lipinski definition) is 5. The van der Waals surface area contributed by atoms with E-state index in [2.05, 4.69) is 39.2 Å². The first-order valence-electron chi connectivity index (χ1n) is 8.56. The lowest BCUT2D eigenvalue weighted by atomic mass is 10.1. The molecule has 0 saturated carbocycles. The number of amides is 1. The first-order chi connectivity index (χ1) is 12.1. The molecule has 130 valence electrons.